The molecule has 1 aromatic carbocycles. The van der Waals surface area contributed by atoms with Crippen LogP contribution >= 0.6 is 15.9 Å². The second kappa shape index (κ2) is 6.87. The van der Waals surface area contributed by atoms with Crippen LogP contribution in [-0.4, -0.2) is 16.3 Å². The molecule has 2 aromatic rings. The van der Waals surface area contributed by atoms with Gasteiger partial charge < -0.3 is 5.32 Å². The van der Waals surface area contributed by atoms with E-state index in [0.717, 1.165) is 24.0 Å². The van der Waals surface area contributed by atoms with Crippen molar-refractivity contribution in [3.05, 3.63) is 52.3 Å². The first kappa shape index (κ1) is 14.3. The van der Waals surface area contributed by atoms with Crippen LogP contribution in [0.5, 0.6) is 0 Å². The van der Waals surface area contributed by atoms with Gasteiger partial charge in [-0.3, -0.25) is 4.68 Å². The Labute approximate surface area is 123 Å². The highest BCUT2D eigenvalue weighted by molar-refractivity contribution is 9.10. The summed E-state index contributed by atoms with van der Waals surface area (Å²) in [7, 11) is 0. The molecular formula is C15H20BrN3. The maximum atomic E-state index is 4.36. The summed E-state index contributed by atoms with van der Waals surface area (Å²) in [5.41, 5.74) is 2.58. The zero-order valence-electron chi connectivity index (χ0n) is 11.4. The first-order valence-corrected chi connectivity index (χ1v) is 7.52. The summed E-state index contributed by atoms with van der Waals surface area (Å²) >= 11 is 3.53. The van der Waals surface area contributed by atoms with Crippen molar-refractivity contribution in [3.63, 3.8) is 0 Å². The summed E-state index contributed by atoms with van der Waals surface area (Å²) in [6, 6.07) is 8.80. The molecule has 0 amide bonds. The molecule has 0 fully saturated rings. The Bertz CT molecular complexity index is 522. The first-order chi connectivity index (χ1) is 9.22. The van der Waals surface area contributed by atoms with Gasteiger partial charge in [0.1, 0.15) is 0 Å². The second-order valence-corrected chi connectivity index (χ2v) is 5.49. The number of benzene rings is 1. The first-order valence-electron chi connectivity index (χ1n) is 6.73. The van der Waals surface area contributed by atoms with Gasteiger partial charge in [-0.1, -0.05) is 35.0 Å². The summed E-state index contributed by atoms with van der Waals surface area (Å²) in [5, 5.41) is 7.90. The molecule has 1 heterocycles. The SMILES string of the molecule is CCNC(Cc1cccc(Br)c1)c1cnn(CC)c1. The van der Waals surface area contributed by atoms with Crippen molar-refractivity contribution in [3.8, 4) is 0 Å². The maximum Gasteiger partial charge on any atom is 0.0537 e. The molecule has 0 aliphatic rings. The van der Waals surface area contributed by atoms with Crippen molar-refractivity contribution in [2.75, 3.05) is 6.54 Å². The minimum atomic E-state index is 0.319. The van der Waals surface area contributed by atoms with Crippen molar-refractivity contribution < 1.29 is 0 Å². The van der Waals surface area contributed by atoms with Crippen LogP contribution in [0.4, 0.5) is 0 Å². The molecule has 3 nitrogen and oxygen atoms in total. The molecule has 1 unspecified atom stereocenters. The fourth-order valence-corrected chi connectivity index (χ4v) is 2.63. The minimum absolute atomic E-state index is 0.319. The van der Waals surface area contributed by atoms with E-state index in [1.165, 1.54) is 11.1 Å². The summed E-state index contributed by atoms with van der Waals surface area (Å²) in [6.07, 6.45) is 5.07. The molecule has 0 saturated carbocycles. The molecule has 0 saturated heterocycles. The van der Waals surface area contributed by atoms with Gasteiger partial charge in [-0.25, -0.2) is 0 Å². The van der Waals surface area contributed by atoms with Gasteiger partial charge in [0.05, 0.1) is 6.20 Å². The topological polar surface area (TPSA) is 29.9 Å². The van der Waals surface area contributed by atoms with E-state index in [4.69, 9.17) is 0 Å². The number of halogens is 1. The predicted molar refractivity (Wildman–Crippen MR) is 82.2 cm³/mol. The predicted octanol–water partition coefficient (Wildman–Crippen LogP) is 3.56. The molecule has 0 radical (unpaired) electrons. The Hall–Kier alpha value is -1.13. The highest BCUT2D eigenvalue weighted by atomic mass is 79.9. The molecule has 19 heavy (non-hydrogen) atoms. The average molecular weight is 322 g/mol. The highest BCUT2D eigenvalue weighted by Gasteiger charge is 2.13. The lowest BCUT2D eigenvalue weighted by atomic mass is 10.0. The number of nitrogens with one attached hydrogen (secondary N) is 1. The summed E-state index contributed by atoms with van der Waals surface area (Å²) in [6.45, 7) is 6.11. The molecule has 0 spiro atoms. The summed E-state index contributed by atoms with van der Waals surface area (Å²) in [4.78, 5) is 0. The van der Waals surface area contributed by atoms with Gasteiger partial charge in [-0.05, 0) is 37.6 Å². The van der Waals surface area contributed by atoms with Crippen molar-refractivity contribution in [1.29, 1.82) is 0 Å². The van der Waals surface area contributed by atoms with Crippen molar-refractivity contribution in [2.45, 2.75) is 32.9 Å². The highest BCUT2D eigenvalue weighted by Crippen LogP contribution is 2.20. The Morgan fingerprint density at radius 1 is 1.37 bits per heavy atom. The molecule has 0 bridgehead atoms. The van der Waals surface area contributed by atoms with Crippen LogP contribution in [0.3, 0.4) is 0 Å². The fourth-order valence-electron chi connectivity index (χ4n) is 2.19. The van der Waals surface area contributed by atoms with E-state index in [1.54, 1.807) is 0 Å². The fraction of sp³-hybridized carbons (Fsp3) is 0.400. The van der Waals surface area contributed by atoms with E-state index in [9.17, 15) is 0 Å². The lowest BCUT2D eigenvalue weighted by molar-refractivity contribution is 0.548. The molecule has 0 aliphatic heterocycles. The third-order valence-electron chi connectivity index (χ3n) is 3.16. The van der Waals surface area contributed by atoms with Crippen LogP contribution in [0, 0.1) is 0 Å². The molecule has 1 atom stereocenters. The number of rotatable bonds is 6. The Kier molecular flexibility index (Phi) is 5.16. The quantitative estimate of drug-likeness (QED) is 0.881. The third-order valence-corrected chi connectivity index (χ3v) is 3.65. The number of likely N-dealkylation sites (N-methyl/N-ethyl adjacent to an activating group) is 1. The number of aromatic nitrogens is 2. The van der Waals surface area contributed by atoms with Crippen LogP contribution < -0.4 is 5.32 Å². The summed E-state index contributed by atoms with van der Waals surface area (Å²) < 4.78 is 3.10. The van der Waals surface area contributed by atoms with Crippen molar-refractivity contribution in [1.82, 2.24) is 15.1 Å². The molecule has 1 N–H and O–H groups in total. The largest absolute Gasteiger partial charge is 0.310 e. The second-order valence-electron chi connectivity index (χ2n) is 4.57. The van der Waals surface area contributed by atoms with E-state index in [-0.39, 0.29) is 0 Å². The number of aryl methyl sites for hydroxylation is 1. The van der Waals surface area contributed by atoms with Gasteiger partial charge in [-0.15, -0.1) is 0 Å². The van der Waals surface area contributed by atoms with Crippen LogP contribution in [-0.2, 0) is 13.0 Å². The van der Waals surface area contributed by atoms with Gasteiger partial charge >= 0.3 is 0 Å². The van der Waals surface area contributed by atoms with Crippen LogP contribution in [0.25, 0.3) is 0 Å². The molecule has 2 rings (SSSR count). The Morgan fingerprint density at radius 3 is 2.84 bits per heavy atom. The zero-order chi connectivity index (χ0) is 13.7. The van der Waals surface area contributed by atoms with Crippen molar-refractivity contribution in [2.24, 2.45) is 0 Å². The van der Waals surface area contributed by atoms with Crippen LogP contribution in [0.1, 0.15) is 31.0 Å². The number of nitrogens with zero attached hydrogens (tertiary/aromatic N) is 2. The lowest BCUT2D eigenvalue weighted by Crippen LogP contribution is -2.22. The molecule has 1 aromatic heterocycles. The van der Waals surface area contributed by atoms with E-state index < -0.39 is 0 Å². The zero-order valence-corrected chi connectivity index (χ0v) is 13.0. The van der Waals surface area contributed by atoms with Gasteiger partial charge in [-0.2, -0.15) is 5.10 Å². The third kappa shape index (κ3) is 3.91. The molecular weight excluding hydrogens is 302 g/mol. The van der Waals surface area contributed by atoms with Gasteiger partial charge in [0, 0.05) is 28.8 Å². The van der Waals surface area contributed by atoms with Gasteiger partial charge in [0.25, 0.3) is 0 Å². The van der Waals surface area contributed by atoms with E-state index in [0.29, 0.717) is 6.04 Å². The molecule has 4 heteroatoms. The average Bonchev–Trinajstić information content (AvgIpc) is 2.87. The van der Waals surface area contributed by atoms with Gasteiger partial charge in [0.2, 0.25) is 0 Å². The standard InChI is InChI=1S/C15H20BrN3/c1-3-17-15(13-10-18-19(4-2)11-13)9-12-6-5-7-14(16)8-12/h5-8,10-11,15,17H,3-4,9H2,1-2H3. The minimum Gasteiger partial charge on any atom is -0.310 e. The molecule has 102 valence electrons. The van der Waals surface area contributed by atoms with E-state index >= 15 is 0 Å². The normalized spacial score (nSPS) is 12.6. The smallest absolute Gasteiger partial charge is 0.0537 e. The van der Waals surface area contributed by atoms with Crippen molar-refractivity contribution >= 4 is 15.9 Å². The monoisotopic (exact) mass is 321 g/mol. The van der Waals surface area contributed by atoms with E-state index in [2.05, 4.69) is 70.7 Å². The lowest BCUT2D eigenvalue weighted by Gasteiger charge is -2.16. The number of hydrogen-bond acceptors (Lipinski definition) is 2. The van der Waals surface area contributed by atoms with Crippen LogP contribution in [0.15, 0.2) is 41.1 Å². The Morgan fingerprint density at radius 2 is 2.21 bits per heavy atom. The Balaban J connectivity index is 2.15. The maximum absolute atomic E-state index is 4.36. The summed E-state index contributed by atoms with van der Waals surface area (Å²) in [5.74, 6) is 0. The number of hydrogen-bond donors (Lipinski definition) is 1. The van der Waals surface area contributed by atoms with Crippen LogP contribution in [0.2, 0.25) is 0 Å². The van der Waals surface area contributed by atoms with Gasteiger partial charge in [0.15, 0.2) is 0 Å². The molecule has 0 aliphatic carbocycles. The van der Waals surface area contributed by atoms with E-state index in [1.807, 2.05) is 10.9 Å².